The normalized spacial score (nSPS) is 17.2. The van der Waals surface area contributed by atoms with Crippen molar-refractivity contribution in [2.24, 2.45) is 5.73 Å². The van der Waals surface area contributed by atoms with E-state index < -0.39 is 12.7 Å². The van der Waals surface area contributed by atoms with Crippen LogP contribution in [0.3, 0.4) is 0 Å². The van der Waals surface area contributed by atoms with Crippen molar-refractivity contribution in [3.8, 4) is 0 Å². The van der Waals surface area contributed by atoms with E-state index in [0.717, 1.165) is 5.69 Å². The van der Waals surface area contributed by atoms with Crippen molar-refractivity contribution >= 4 is 22.9 Å². The molecule has 1 fully saturated rings. The van der Waals surface area contributed by atoms with E-state index in [1.54, 1.807) is 18.5 Å². The molecule has 1 aromatic heterocycles. The Morgan fingerprint density at radius 2 is 1.95 bits per heavy atom. The molecule has 0 amide bonds. The molecule has 1 aliphatic rings. The summed E-state index contributed by atoms with van der Waals surface area (Å²) >= 11 is 4.98. The second-order valence-electron chi connectivity index (χ2n) is 4.64. The molecule has 8 heteroatoms. The number of halogens is 3. The summed E-state index contributed by atoms with van der Waals surface area (Å²) < 4.78 is 37.0. The van der Waals surface area contributed by atoms with Gasteiger partial charge >= 0.3 is 6.18 Å². The number of aromatic nitrogens is 1. The Hall–Kier alpha value is -1.41. The number of thiocarbonyl (C=S) groups is 1. The molecule has 1 saturated heterocycles. The van der Waals surface area contributed by atoms with Gasteiger partial charge in [0.05, 0.1) is 18.4 Å². The zero-order chi connectivity index (χ0) is 14.8. The molecule has 0 spiro atoms. The summed E-state index contributed by atoms with van der Waals surface area (Å²) in [6, 6.07) is 1.72. The number of rotatable bonds is 3. The van der Waals surface area contributed by atoms with Crippen LogP contribution in [0.4, 0.5) is 18.9 Å². The summed E-state index contributed by atoms with van der Waals surface area (Å²) in [5.41, 5.74) is 7.14. The van der Waals surface area contributed by atoms with Crippen LogP contribution in [0, 0.1) is 0 Å². The number of nitrogens with two attached hydrogens (primary N) is 1. The van der Waals surface area contributed by atoms with E-state index in [-0.39, 0.29) is 4.99 Å². The number of anilines is 1. The number of piperazine rings is 1. The van der Waals surface area contributed by atoms with Gasteiger partial charge in [-0.3, -0.25) is 9.88 Å². The van der Waals surface area contributed by atoms with Gasteiger partial charge in [0.2, 0.25) is 0 Å². The van der Waals surface area contributed by atoms with Crippen LogP contribution in [0.2, 0.25) is 0 Å². The molecule has 1 aliphatic heterocycles. The third-order valence-electron chi connectivity index (χ3n) is 3.18. The maximum Gasteiger partial charge on any atom is 0.401 e. The van der Waals surface area contributed by atoms with Gasteiger partial charge in [0.1, 0.15) is 4.99 Å². The van der Waals surface area contributed by atoms with E-state index in [0.29, 0.717) is 31.7 Å². The van der Waals surface area contributed by atoms with Crippen LogP contribution < -0.4 is 10.6 Å². The van der Waals surface area contributed by atoms with Gasteiger partial charge in [0, 0.05) is 37.9 Å². The average molecular weight is 304 g/mol. The molecule has 0 atom stereocenters. The standard InChI is InChI=1S/C12H15F3N4S/c13-12(14,15)8-18-3-5-19(6-4-18)10-7-17-2-1-9(10)11(16)20/h1-2,7H,3-6,8H2,(H2,16,20). The lowest BCUT2D eigenvalue weighted by Crippen LogP contribution is -2.49. The first-order valence-corrected chi connectivity index (χ1v) is 6.55. The number of pyridine rings is 1. The molecule has 2 rings (SSSR count). The second-order valence-corrected chi connectivity index (χ2v) is 5.08. The first-order valence-electron chi connectivity index (χ1n) is 6.15. The highest BCUT2D eigenvalue weighted by molar-refractivity contribution is 7.80. The number of hydrogen-bond acceptors (Lipinski definition) is 4. The molecule has 20 heavy (non-hydrogen) atoms. The van der Waals surface area contributed by atoms with Gasteiger partial charge in [0.25, 0.3) is 0 Å². The van der Waals surface area contributed by atoms with E-state index in [4.69, 9.17) is 18.0 Å². The molecular formula is C12H15F3N4S. The van der Waals surface area contributed by atoms with Crippen LogP contribution in [0.15, 0.2) is 18.5 Å². The zero-order valence-electron chi connectivity index (χ0n) is 10.7. The van der Waals surface area contributed by atoms with Crippen molar-refractivity contribution in [3.63, 3.8) is 0 Å². The van der Waals surface area contributed by atoms with E-state index >= 15 is 0 Å². The fourth-order valence-electron chi connectivity index (χ4n) is 2.25. The van der Waals surface area contributed by atoms with E-state index in [2.05, 4.69) is 4.98 Å². The lowest BCUT2D eigenvalue weighted by molar-refractivity contribution is -0.146. The molecule has 0 radical (unpaired) electrons. The average Bonchev–Trinajstić information content (AvgIpc) is 2.38. The Morgan fingerprint density at radius 1 is 1.30 bits per heavy atom. The minimum atomic E-state index is -4.15. The molecule has 1 aromatic rings. The maximum atomic E-state index is 12.3. The number of hydrogen-bond donors (Lipinski definition) is 1. The number of nitrogens with zero attached hydrogens (tertiary/aromatic N) is 3. The second kappa shape index (κ2) is 5.92. The highest BCUT2D eigenvalue weighted by Crippen LogP contribution is 2.22. The van der Waals surface area contributed by atoms with Crippen molar-refractivity contribution in [1.29, 1.82) is 0 Å². The SMILES string of the molecule is NC(=S)c1ccncc1N1CCN(CC(F)(F)F)CC1. The van der Waals surface area contributed by atoms with Crippen LogP contribution in [-0.2, 0) is 0 Å². The van der Waals surface area contributed by atoms with Crippen LogP contribution in [0.25, 0.3) is 0 Å². The van der Waals surface area contributed by atoms with Crippen LogP contribution >= 0.6 is 12.2 Å². The molecule has 2 heterocycles. The van der Waals surface area contributed by atoms with Crippen molar-refractivity contribution in [2.75, 3.05) is 37.6 Å². The first kappa shape index (κ1) is 15.0. The third-order valence-corrected chi connectivity index (χ3v) is 3.40. The Balaban J connectivity index is 2.03. The molecule has 0 aliphatic carbocycles. The topological polar surface area (TPSA) is 45.4 Å². The smallest absolute Gasteiger partial charge is 0.389 e. The first-order chi connectivity index (χ1) is 9.37. The molecule has 110 valence electrons. The fraction of sp³-hybridized carbons (Fsp3) is 0.500. The van der Waals surface area contributed by atoms with Gasteiger partial charge in [-0.2, -0.15) is 13.2 Å². The summed E-state index contributed by atoms with van der Waals surface area (Å²) in [5, 5.41) is 0. The predicted octanol–water partition coefficient (Wildman–Crippen LogP) is 1.40. The van der Waals surface area contributed by atoms with Crippen molar-refractivity contribution < 1.29 is 13.2 Å². The van der Waals surface area contributed by atoms with Crippen LogP contribution in [-0.4, -0.2) is 53.8 Å². The Bertz CT molecular complexity index is 484. The fourth-order valence-corrected chi connectivity index (χ4v) is 2.42. The summed E-state index contributed by atoms with van der Waals surface area (Å²) in [6.45, 7) is 0.834. The molecule has 0 saturated carbocycles. The number of alkyl halides is 3. The van der Waals surface area contributed by atoms with Gasteiger partial charge < -0.3 is 10.6 Å². The third kappa shape index (κ3) is 3.80. The van der Waals surface area contributed by atoms with E-state index in [1.165, 1.54) is 4.90 Å². The largest absolute Gasteiger partial charge is 0.401 e. The molecule has 4 nitrogen and oxygen atoms in total. The van der Waals surface area contributed by atoms with Crippen LogP contribution in [0.1, 0.15) is 5.56 Å². The highest BCUT2D eigenvalue weighted by Gasteiger charge is 2.32. The van der Waals surface area contributed by atoms with Gasteiger partial charge in [-0.05, 0) is 6.07 Å². The minimum Gasteiger partial charge on any atom is -0.389 e. The van der Waals surface area contributed by atoms with Crippen molar-refractivity contribution in [2.45, 2.75) is 6.18 Å². The minimum absolute atomic E-state index is 0.264. The van der Waals surface area contributed by atoms with Gasteiger partial charge in [-0.25, -0.2) is 0 Å². The quantitative estimate of drug-likeness (QED) is 0.855. The lowest BCUT2D eigenvalue weighted by Gasteiger charge is -2.36. The van der Waals surface area contributed by atoms with Gasteiger partial charge in [0.15, 0.2) is 0 Å². The Morgan fingerprint density at radius 3 is 2.50 bits per heavy atom. The van der Waals surface area contributed by atoms with Gasteiger partial charge in [-0.15, -0.1) is 0 Å². The van der Waals surface area contributed by atoms with Crippen molar-refractivity contribution in [3.05, 3.63) is 24.0 Å². The van der Waals surface area contributed by atoms with Crippen LogP contribution in [0.5, 0.6) is 0 Å². The predicted molar refractivity (Wildman–Crippen MR) is 74.8 cm³/mol. The summed E-state index contributed by atoms with van der Waals surface area (Å²) in [4.78, 5) is 7.66. The molecule has 0 unspecified atom stereocenters. The molecule has 2 N–H and O–H groups in total. The monoisotopic (exact) mass is 304 g/mol. The molecule has 0 aromatic carbocycles. The van der Waals surface area contributed by atoms with E-state index in [9.17, 15) is 13.2 Å². The molecular weight excluding hydrogens is 289 g/mol. The molecule has 0 bridgehead atoms. The zero-order valence-corrected chi connectivity index (χ0v) is 11.5. The van der Waals surface area contributed by atoms with Gasteiger partial charge in [-0.1, -0.05) is 12.2 Å². The summed E-state index contributed by atoms with van der Waals surface area (Å²) in [5.74, 6) is 0. The van der Waals surface area contributed by atoms with E-state index in [1.807, 2.05) is 4.90 Å². The Labute approximate surface area is 120 Å². The highest BCUT2D eigenvalue weighted by atomic mass is 32.1. The van der Waals surface area contributed by atoms with Crippen molar-refractivity contribution in [1.82, 2.24) is 9.88 Å². The Kier molecular flexibility index (Phi) is 4.44. The summed E-state index contributed by atoms with van der Waals surface area (Å²) in [6.07, 6.45) is -0.910. The lowest BCUT2D eigenvalue weighted by atomic mass is 10.2. The summed E-state index contributed by atoms with van der Waals surface area (Å²) in [7, 11) is 0. The maximum absolute atomic E-state index is 12.3.